The molecule has 1 atom stereocenters. The highest BCUT2D eigenvalue weighted by Gasteiger charge is 2.32. The van der Waals surface area contributed by atoms with Crippen LogP contribution in [-0.4, -0.2) is 25.3 Å². The van der Waals surface area contributed by atoms with Crippen LogP contribution >= 0.6 is 0 Å². The van der Waals surface area contributed by atoms with Crippen LogP contribution in [0.4, 0.5) is 17.1 Å². The van der Waals surface area contributed by atoms with Crippen molar-refractivity contribution >= 4 is 33.0 Å². The lowest BCUT2D eigenvalue weighted by Crippen LogP contribution is -2.35. The Bertz CT molecular complexity index is 1260. The topological polar surface area (TPSA) is 110 Å². The third kappa shape index (κ3) is 3.99. The van der Waals surface area contributed by atoms with E-state index in [0.717, 1.165) is 5.56 Å². The summed E-state index contributed by atoms with van der Waals surface area (Å²) in [6, 6.07) is 18.6. The van der Waals surface area contributed by atoms with E-state index in [1.807, 2.05) is 13.0 Å². The van der Waals surface area contributed by atoms with Gasteiger partial charge in [0.05, 0.1) is 9.82 Å². The Morgan fingerprint density at radius 2 is 1.74 bits per heavy atom. The molecule has 1 heterocycles. The third-order valence-corrected chi connectivity index (χ3v) is 6.53. The average Bonchev–Trinajstić information content (AvgIpc) is 3.08. The van der Waals surface area contributed by atoms with Gasteiger partial charge in [-0.2, -0.15) is 0 Å². The molecule has 1 N–H and O–H groups in total. The Morgan fingerprint density at radius 3 is 2.39 bits per heavy atom. The van der Waals surface area contributed by atoms with Gasteiger partial charge < -0.3 is 4.90 Å². The fourth-order valence-corrected chi connectivity index (χ4v) is 4.78. The lowest BCUT2D eigenvalue weighted by Gasteiger charge is -2.23. The third-order valence-electron chi connectivity index (χ3n) is 5.15. The lowest BCUT2D eigenvalue weighted by molar-refractivity contribution is -0.384. The molecule has 1 amide bonds. The molecule has 1 aliphatic rings. The van der Waals surface area contributed by atoms with Crippen molar-refractivity contribution in [3.63, 3.8) is 0 Å². The molecule has 31 heavy (non-hydrogen) atoms. The number of benzene rings is 3. The summed E-state index contributed by atoms with van der Waals surface area (Å²) in [6.07, 6.45) is 0.537. The number of carbonyl (C=O) groups excluding carboxylic acids is 1. The number of nitro benzene ring substituents is 1. The highest BCUT2D eigenvalue weighted by atomic mass is 32.2. The summed E-state index contributed by atoms with van der Waals surface area (Å²) in [5.74, 6) is -0.133. The normalized spacial score (nSPS) is 15.4. The molecule has 0 saturated carbocycles. The van der Waals surface area contributed by atoms with E-state index >= 15 is 0 Å². The molecule has 3 aromatic carbocycles. The number of nitrogens with one attached hydrogen (secondary N) is 1. The molecule has 8 nitrogen and oxygen atoms in total. The smallest absolute Gasteiger partial charge is 0.269 e. The second-order valence-corrected chi connectivity index (χ2v) is 8.98. The first-order valence-electron chi connectivity index (χ1n) is 9.55. The van der Waals surface area contributed by atoms with Crippen molar-refractivity contribution < 1.29 is 18.1 Å². The molecule has 0 unspecified atom stereocenters. The zero-order chi connectivity index (χ0) is 22.2. The summed E-state index contributed by atoms with van der Waals surface area (Å²) >= 11 is 0. The van der Waals surface area contributed by atoms with Crippen LogP contribution in [0.3, 0.4) is 0 Å². The van der Waals surface area contributed by atoms with E-state index in [-0.39, 0.29) is 28.2 Å². The van der Waals surface area contributed by atoms with Crippen LogP contribution in [0, 0.1) is 10.1 Å². The predicted octanol–water partition coefficient (Wildman–Crippen LogP) is 3.99. The number of hydrogen-bond acceptors (Lipinski definition) is 5. The van der Waals surface area contributed by atoms with Crippen molar-refractivity contribution in [2.75, 3.05) is 9.62 Å². The summed E-state index contributed by atoms with van der Waals surface area (Å²) in [7, 11) is -3.90. The molecule has 0 bridgehead atoms. The van der Waals surface area contributed by atoms with Crippen molar-refractivity contribution in [3.05, 3.63) is 94.0 Å². The van der Waals surface area contributed by atoms with Gasteiger partial charge in [0.15, 0.2) is 0 Å². The number of sulfonamides is 1. The molecule has 0 radical (unpaired) electrons. The number of rotatable bonds is 5. The van der Waals surface area contributed by atoms with Crippen molar-refractivity contribution in [1.29, 1.82) is 0 Å². The molecule has 0 aromatic heterocycles. The van der Waals surface area contributed by atoms with E-state index < -0.39 is 14.9 Å². The molecule has 0 spiro atoms. The van der Waals surface area contributed by atoms with Gasteiger partial charge in [-0.25, -0.2) is 8.42 Å². The fraction of sp³-hybridized carbons (Fsp3) is 0.136. The molecule has 158 valence electrons. The molecular formula is C22H19N3O5S. The quantitative estimate of drug-likeness (QED) is 0.479. The number of carbonyl (C=O) groups is 1. The standard InChI is InChI=1S/C22H19N3O5S/c1-15-13-17-14-20(31(29,30)23-18-7-9-19(10-8-18)25(27)28)11-12-21(17)24(15)22(26)16-5-3-2-4-6-16/h2-12,14-15,23H,13H2,1H3/t15-/m0/s1. The van der Waals surface area contributed by atoms with Crippen molar-refractivity contribution in [2.24, 2.45) is 0 Å². The van der Waals surface area contributed by atoms with Gasteiger partial charge in [0.25, 0.3) is 21.6 Å². The van der Waals surface area contributed by atoms with Crippen molar-refractivity contribution in [1.82, 2.24) is 0 Å². The van der Waals surface area contributed by atoms with Crippen LogP contribution in [0.2, 0.25) is 0 Å². The molecule has 0 fully saturated rings. The van der Waals surface area contributed by atoms with Crippen LogP contribution < -0.4 is 9.62 Å². The number of hydrogen-bond donors (Lipinski definition) is 1. The van der Waals surface area contributed by atoms with Gasteiger partial charge in [-0.05, 0) is 61.4 Å². The lowest BCUT2D eigenvalue weighted by atomic mass is 10.1. The van der Waals surface area contributed by atoms with E-state index in [1.54, 1.807) is 41.3 Å². The Morgan fingerprint density at radius 1 is 1.06 bits per heavy atom. The Balaban J connectivity index is 1.60. The number of nitro groups is 1. The monoisotopic (exact) mass is 437 g/mol. The number of non-ortho nitro benzene ring substituents is 1. The molecule has 1 aliphatic heterocycles. The predicted molar refractivity (Wildman–Crippen MR) is 117 cm³/mol. The summed E-state index contributed by atoms with van der Waals surface area (Å²) in [5.41, 5.74) is 2.12. The highest BCUT2D eigenvalue weighted by Crippen LogP contribution is 2.35. The van der Waals surface area contributed by atoms with Crippen LogP contribution in [0.1, 0.15) is 22.8 Å². The first-order chi connectivity index (χ1) is 14.8. The second-order valence-electron chi connectivity index (χ2n) is 7.29. The van der Waals surface area contributed by atoms with E-state index in [4.69, 9.17) is 0 Å². The van der Waals surface area contributed by atoms with Gasteiger partial charge in [0, 0.05) is 35.1 Å². The van der Waals surface area contributed by atoms with E-state index in [2.05, 4.69) is 4.72 Å². The molecule has 9 heteroatoms. The van der Waals surface area contributed by atoms with Gasteiger partial charge in [-0.1, -0.05) is 18.2 Å². The van der Waals surface area contributed by atoms with Gasteiger partial charge in [0.2, 0.25) is 0 Å². The van der Waals surface area contributed by atoms with Crippen LogP contribution in [0.25, 0.3) is 0 Å². The minimum absolute atomic E-state index is 0.0609. The Kier molecular flexibility index (Phi) is 5.20. The van der Waals surface area contributed by atoms with Crippen LogP contribution in [-0.2, 0) is 16.4 Å². The maximum Gasteiger partial charge on any atom is 0.269 e. The molecule has 4 rings (SSSR count). The first-order valence-corrected chi connectivity index (χ1v) is 11.0. The number of nitrogens with zero attached hydrogens (tertiary/aromatic N) is 2. The summed E-state index contributed by atoms with van der Waals surface area (Å²) < 4.78 is 28.1. The zero-order valence-electron chi connectivity index (χ0n) is 16.6. The van der Waals surface area contributed by atoms with E-state index in [0.29, 0.717) is 17.7 Å². The number of fused-ring (bicyclic) bond motifs is 1. The minimum Gasteiger partial charge on any atom is -0.305 e. The van der Waals surface area contributed by atoms with E-state index in [9.17, 15) is 23.3 Å². The summed E-state index contributed by atoms with van der Waals surface area (Å²) in [5, 5.41) is 10.8. The molecule has 3 aromatic rings. The van der Waals surface area contributed by atoms with Crippen molar-refractivity contribution in [2.45, 2.75) is 24.3 Å². The minimum atomic E-state index is -3.90. The van der Waals surface area contributed by atoms with Crippen molar-refractivity contribution in [3.8, 4) is 0 Å². The van der Waals surface area contributed by atoms with Gasteiger partial charge >= 0.3 is 0 Å². The molecule has 0 aliphatic carbocycles. The fourth-order valence-electron chi connectivity index (χ4n) is 3.67. The number of anilines is 2. The first kappa shape index (κ1) is 20.5. The van der Waals surface area contributed by atoms with Gasteiger partial charge in [-0.3, -0.25) is 19.6 Å². The average molecular weight is 437 g/mol. The Hall–Kier alpha value is -3.72. The largest absolute Gasteiger partial charge is 0.305 e. The molecular weight excluding hydrogens is 418 g/mol. The zero-order valence-corrected chi connectivity index (χ0v) is 17.4. The second kappa shape index (κ2) is 7.84. The molecule has 0 saturated heterocycles. The summed E-state index contributed by atoms with van der Waals surface area (Å²) in [6.45, 7) is 1.92. The van der Waals surface area contributed by atoms with E-state index in [1.165, 1.54) is 30.3 Å². The summed E-state index contributed by atoms with van der Waals surface area (Å²) in [4.78, 5) is 24.9. The Labute approximate surface area is 179 Å². The van der Waals surface area contributed by atoms with Crippen LogP contribution in [0.5, 0.6) is 0 Å². The van der Waals surface area contributed by atoms with Gasteiger partial charge in [-0.15, -0.1) is 0 Å². The number of amides is 1. The maximum atomic E-state index is 13.0. The van der Waals surface area contributed by atoms with Gasteiger partial charge in [0.1, 0.15) is 0 Å². The van der Waals surface area contributed by atoms with Crippen LogP contribution in [0.15, 0.2) is 77.7 Å². The highest BCUT2D eigenvalue weighted by molar-refractivity contribution is 7.92. The SMILES string of the molecule is C[C@H]1Cc2cc(S(=O)(=O)Nc3ccc([N+](=O)[O-])cc3)ccc2N1C(=O)c1ccccc1. The maximum absolute atomic E-state index is 13.0.